The first-order valence-electron chi connectivity index (χ1n) is 5.81. The second-order valence-electron chi connectivity index (χ2n) is 4.07. The fourth-order valence-electron chi connectivity index (χ4n) is 1.74. The van der Waals surface area contributed by atoms with Crippen LogP contribution in [0.15, 0.2) is 16.5 Å². The van der Waals surface area contributed by atoms with Gasteiger partial charge in [0.05, 0.1) is 12.6 Å². The van der Waals surface area contributed by atoms with Crippen LogP contribution in [0, 0.1) is 6.92 Å². The zero-order chi connectivity index (χ0) is 12.8. The van der Waals surface area contributed by atoms with Crippen molar-refractivity contribution in [1.82, 2.24) is 10.2 Å². The lowest BCUT2D eigenvalue weighted by molar-refractivity contribution is -0.122. The van der Waals surface area contributed by atoms with Gasteiger partial charge in [-0.1, -0.05) is 0 Å². The molecule has 1 amide bonds. The maximum Gasteiger partial charge on any atom is 0.234 e. The number of rotatable bonds is 6. The van der Waals surface area contributed by atoms with E-state index in [9.17, 15) is 4.79 Å². The highest BCUT2D eigenvalue weighted by Crippen LogP contribution is 2.20. The molecule has 0 radical (unpaired) electrons. The van der Waals surface area contributed by atoms with Gasteiger partial charge in [-0.25, -0.2) is 0 Å². The number of carbonyl (C=O) groups is 1. The normalized spacial score (nSPS) is 12.8. The Morgan fingerprint density at radius 3 is 2.76 bits per heavy atom. The quantitative estimate of drug-likeness (QED) is 0.765. The van der Waals surface area contributed by atoms with Crippen molar-refractivity contribution in [2.45, 2.75) is 19.9 Å². The molecule has 0 saturated heterocycles. The van der Waals surface area contributed by atoms with Crippen molar-refractivity contribution in [2.24, 2.45) is 5.73 Å². The molecule has 96 valence electrons. The highest BCUT2D eigenvalue weighted by molar-refractivity contribution is 5.77. The minimum absolute atomic E-state index is 0.00303. The molecule has 3 N–H and O–H groups in total. The van der Waals surface area contributed by atoms with Gasteiger partial charge in [0.15, 0.2) is 0 Å². The Labute approximate surface area is 102 Å². The first kappa shape index (κ1) is 13.7. The fourth-order valence-corrected chi connectivity index (χ4v) is 1.74. The summed E-state index contributed by atoms with van der Waals surface area (Å²) in [4.78, 5) is 13.4. The average Bonchev–Trinajstić information content (AvgIpc) is 2.66. The van der Waals surface area contributed by atoms with Crippen molar-refractivity contribution in [3.05, 3.63) is 23.7 Å². The molecule has 0 saturated carbocycles. The zero-order valence-corrected chi connectivity index (χ0v) is 10.7. The predicted molar refractivity (Wildman–Crippen MR) is 66.6 cm³/mol. The molecule has 1 unspecified atom stereocenters. The van der Waals surface area contributed by atoms with Gasteiger partial charge in [0, 0.05) is 13.1 Å². The third-order valence-electron chi connectivity index (χ3n) is 2.61. The van der Waals surface area contributed by atoms with Crippen molar-refractivity contribution in [2.75, 3.05) is 26.7 Å². The molecule has 1 heterocycles. The van der Waals surface area contributed by atoms with Gasteiger partial charge in [-0.3, -0.25) is 9.69 Å². The number of hydrogen-bond acceptors (Lipinski definition) is 4. The van der Waals surface area contributed by atoms with E-state index in [0.29, 0.717) is 19.6 Å². The van der Waals surface area contributed by atoms with E-state index in [2.05, 4.69) is 5.32 Å². The number of carbonyl (C=O) groups excluding carboxylic acids is 1. The standard InChI is InChI=1S/C12H21N3O2/c1-4-14-12(16)8-15(3)10(7-13)11-6-5-9(2)17-11/h5-6,10H,4,7-8,13H2,1-3H3,(H,14,16). The molecular weight excluding hydrogens is 218 g/mol. The van der Waals surface area contributed by atoms with E-state index in [1.54, 1.807) is 0 Å². The monoisotopic (exact) mass is 239 g/mol. The van der Waals surface area contributed by atoms with Crippen molar-refractivity contribution < 1.29 is 9.21 Å². The number of nitrogens with zero attached hydrogens (tertiary/aromatic N) is 1. The van der Waals surface area contributed by atoms with Crippen LogP contribution in [-0.4, -0.2) is 37.5 Å². The van der Waals surface area contributed by atoms with Crippen LogP contribution < -0.4 is 11.1 Å². The second kappa shape index (κ2) is 6.42. The van der Waals surface area contributed by atoms with E-state index < -0.39 is 0 Å². The van der Waals surface area contributed by atoms with Gasteiger partial charge in [-0.05, 0) is 33.0 Å². The number of nitrogens with two attached hydrogens (primary N) is 1. The molecule has 1 aromatic heterocycles. The largest absolute Gasteiger partial charge is 0.465 e. The van der Waals surface area contributed by atoms with Gasteiger partial charge in [-0.15, -0.1) is 0 Å². The van der Waals surface area contributed by atoms with Crippen LogP contribution in [-0.2, 0) is 4.79 Å². The van der Waals surface area contributed by atoms with Gasteiger partial charge in [-0.2, -0.15) is 0 Å². The number of nitrogens with one attached hydrogen (secondary N) is 1. The van der Waals surface area contributed by atoms with Crippen molar-refractivity contribution in [1.29, 1.82) is 0 Å². The molecule has 1 atom stereocenters. The summed E-state index contributed by atoms with van der Waals surface area (Å²) < 4.78 is 5.55. The minimum Gasteiger partial charge on any atom is -0.465 e. The maximum absolute atomic E-state index is 11.5. The van der Waals surface area contributed by atoms with Crippen LogP contribution in [0.1, 0.15) is 24.5 Å². The number of likely N-dealkylation sites (N-methyl/N-ethyl adjacent to an activating group) is 2. The third kappa shape index (κ3) is 3.87. The molecule has 0 aliphatic rings. The molecule has 0 spiro atoms. The Morgan fingerprint density at radius 1 is 1.59 bits per heavy atom. The summed E-state index contributed by atoms with van der Waals surface area (Å²) in [6.45, 7) is 5.16. The third-order valence-corrected chi connectivity index (χ3v) is 2.61. The van der Waals surface area contributed by atoms with Gasteiger partial charge >= 0.3 is 0 Å². The van der Waals surface area contributed by atoms with Crippen molar-refractivity contribution in [3.63, 3.8) is 0 Å². The van der Waals surface area contributed by atoms with E-state index in [1.165, 1.54) is 0 Å². The Bertz CT molecular complexity index is 362. The molecule has 1 rings (SSSR count). The van der Waals surface area contributed by atoms with Gasteiger partial charge < -0.3 is 15.5 Å². The Hall–Kier alpha value is -1.33. The van der Waals surface area contributed by atoms with Crippen LogP contribution in [0.3, 0.4) is 0 Å². The SMILES string of the molecule is CCNC(=O)CN(C)C(CN)c1ccc(C)o1. The Morgan fingerprint density at radius 2 is 2.29 bits per heavy atom. The fraction of sp³-hybridized carbons (Fsp3) is 0.583. The topological polar surface area (TPSA) is 71.5 Å². The highest BCUT2D eigenvalue weighted by atomic mass is 16.3. The lowest BCUT2D eigenvalue weighted by Crippen LogP contribution is -2.39. The summed E-state index contributed by atoms with van der Waals surface area (Å²) in [5.41, 5.74) is 5.73. The van der Waals surface area contributed by atoms with E-state index >= 15 is 0 Å². The molecule has 5 heteroatoms. The van der Waals surface area contributed by atoms with Crippen molar-refractivity contribution >= 4 is 5.91 Å². The number of furan rings is 1. The van der Waals surface area contributed by atoms with E-state index in [-0.39, 0.29) is 11.9 Å². The van der Waals surface area contributed by atoms with Gasteiger partial charge in [0.1, 0.15) is 11.5 Å². The molecule has 1 aromatic rings. The number of hydrogen-bond donors (Lipinski definition) is 2. The first-order valence-corrected chi connectivity index (χ1v) is 5.81. The lowest BCUT2D eigenvalue weighted by Gasteiger charge is -2.24. The van der Waals surface area contributed by atoms with Crippen LogP contribution in [0.4, 0.5) is 0 Å². The molecular formula is C12H21N3O2. The lowest BCUT2D eigenvalue weighted by atomic mass is 10.2. The number of aryl methyl sites for hydroxylation is 1. The van der Waals surface area contributed by atoms with Crippen LogP contribution >= 0.6 is 0 Å². The average molecular weight is 239 g/mol. The van der Waals surface area contributed by atoms with Crippen molar-refractivity contribution in [3.8, 4) is 0 Å². The Kier molecular flexibility index (Phi) is 5.18. The molecule has 0 fully saturated rings. The van der Waals surface area contributed by atoms with Crippen LogP contribution in [0.2, 0.25) is 0 Å². The summed E-state index contributed by atoms with van der Waals surface area (Å²) in [7, 11) is 1.87. The van der Waals surface area contributed by atoms with Crippen LogP contribution in [0.25, 0.3) is 0 Å². The summed E-state index contributed by atoms with van der Waals surface area (Å²) in [6, 6.07) is 3.74. The number of amides is 1. The summed E-state index contributed by atoms with van der Waals surface area (Å²) in [6.07, 6.45) is 0. The summed E-state index contributed by atoms with van der Waals surface area (Å²) >= 11 is 0. The first-order chi connectivity index (χ1) is 8.08. The maximum atomic E-state index is 11.5. The summed E-state index contributed by atoms with van der Waals surface area (Å²) in [5, 5.41) is 2.76. The summed E-state index contributed by atoms with van der Waals surface area (Å²) in [5.74, 6) is 1.65. The second-order valence-corrected chi connectivity index (χ2v) is 4.07. The van der Waals surface area contributed by atoms with E-state index in [4.69, 9.17) is 10.2 Å². The zero-order valence-electron chi connectivity index (χ0n) is 10.7. The predicted octanol–water partition coefficient (Wildman–Crippen LogP) is 0.656. The molecule has 0 aliphatic carbocycles. The minimum atomic E-state index is -0.0636. The molecule has 0 aromatic carbocycles. The van der Waals surface area contributed by atoms with Crippen LogP contribution in [0.5, 0.6) is 0 Å². The smallest absolute Gasteiger partial charge is 0.234 e. The van der Waals surface area contributed by atoms with Gasteiger partial charge in [0.2, 0.25) is 5.91 Å². The molecule has 17 heavy (non-hydrogen) atoms. The highest BCUT2D eigenvalue weighted by Gasteiger charge is 2.20. The molecule has 5 nitrogen and oxygen atoms in total. The Balaban J connectivity index is 2.64. The van der Waals surface area contributed by atoms with E-state index in [0.717, 1.165) is 11.5 Å². The molecule has 0 bridgehead atoms. The van der Waals surface area contributed by atoms with Gasteiger partial charge in [0.25, 0.3) is 0 Å². The molecule has 0 aliphatic heterocycles. The van der Waals surface area contributed by atoms with E-state index in [1.807, 2.05) is 37.9 Å².